The number of anilines is 1. The summed E-state index contributed by atoms with van der Waals surface area (Å²) in [6, 6.07) is 4.91. The second kappa shape index (κ2) is 12.2. The van der Waals surface area contributed by atoms with Crippen LogP contribution in [0.2, 0.25) is 0 Å². The van der Waals surface area contributed by atoms with Crippen molar-refractivity contribution in [2.45, 2.75) is 115 Å². The first kappa shape index (κ1) is 29.3. The zero-order chi connectivity index (χ0) is 28.2. The van der Waals surface area contributed by atoms with E-state index in [9.17, 15) is 24.6 Å². The van der Waals surface area contributed by atoms with Crippen molar-refractivity contribution in [2.24, 2.45) is 5.41 Å². The molecule has 3 aliphatic heterocycles. The van der Waals surface area contributed by atoms with E-state index < -0.39 is 42.6 Å². The summed E-state index contributed by atoms with van der Waals surface area (Å²) in [7, 11) is 0. The maximum atomic E-state index is 12.7. The van der Waals surface area contributed by atoms with Crippen LogP contribution < -0.4 is 5.32 Å². The normalized spacial score (nSPS) is 30.8. The van der Waals surface area contributed by atoms with Gasteiger partial charge in [0.2, 0.25) is 5.91 Å². The Morgan fingerprint density at radius 3 is 2.56 bits per heavy atom. The number of aryl methyl sites for hydroxylation is 1. The minimum Gasteiger partial charge on any atom is -0.508 e. The highest BCUT2D eigenvalue weighted by Gasteiger charge is 2.57. The van der Waals surface area contributed by atoms with Gasteiger partial charge in [-0.1, -0.05) is 20.3 Å². The number of ether oxygens (including phenoxy) is 4. The van der Waals surface area contributed by atoms with Gasteiger partial charge >= 0.3 is 11.9 Å². The smallest absolute Gasteiger partial charge is 0.309 e. The molecule has 216 valence electrons. The zero-order valence-corrected chi connectivity index (χ0v) is 23.1. The fourth-order valence-electron chi connectivity index (χ4n) is 5.93. The number of phenols is 1. The van der Waals surface area contributed by atoms with Gasteiger partial charge in [0.25, 0.3) is 0 Å². The molecule has 1 spiro atoms. The molecule has 3 N–H and O–H groups in total. The highest BCUT2D eigenvalue weighted by molar-refractivity contribution is 5.89. The summed E-state index contributed by atoms with van der Waals surface area (Å²) in [4.78, 5) is 36.8. The Kier molecular flexibility index (Phi) is 9.18. The predicted molar refractivity (Wildman–Crippen MR) is 141 cm³/mol. The van der Waals surface area contributed by atoms with Crippen LogP contribution in [0.3, 0.4) is 0 Å². The Morgan fingerprint density at radius 1 is 1.05 bits per heavy atom. The number of carbonyl (C=O) groups is 3. The predicted octanol–water partition coefficient (Wildman–Crippen LogP) is 3.75. The molecule has 3 saturated heterocycles. The Hall–Kier alpha value is -2.69. The van der Waals surface area contributed by atoms with Crippen molar-refractivity contribution in [1.29, 1.82) is 0 Å². The van der Waals surface area contributed by atoms with Gasteiger partial charge in [0.1, 0.15) is 18.0 Å². The number of esters is 2. The number of aromatic hydroxyl groups is 1. The third-order valence-electron chi connectivity index (χ3n) is 8.07. The first-order valence-electron chi connectivity index (χ1n) is 13.9. The number of fused-ring (bicyclic) bond motifs is 2. The van der Waals surface area contributed by atoms with Crippen LogP contribution in [-0.2, 0) is 39.8 Å². The summed E-state index contributed by atoms with van der Waals surface area (Å²) in [5, 5.41) is 22.3. The Bertz CT molecular complexity index is 1050. The van der Waals surface area contributed by atoms with Gasteiger partial charge < -0.3 is 34.5 Å². The van der Waals surface area contributed by atoms with Crippen molar-refractivity contribution in [2.75, 3.05) is 11.9 Å². The van der Waals surface area contributed by atoms with E-state index >= 15 is 0 Å². The van der Waals surface area contributed by atoms with Gasteiger partial charge in [-0.2, -0.15) is 0 Å². The summed E-state index contributed by atoms with van der Waals surface area (Å²) in [6.07, 6.45) is 3.15. The third-order valence-corrected chi connectivity index (χ3v) is 8.07. The van der Waals surface area contributed by atoms with E-state index in [-0.39, 0.29) is 36.0 Å². The summed E-state index contributed by atoms with van der Waals surface area (Å²) in [6.45, 7) is 5.16. The van der Waals surface area contributed by atoms with Crippen LogP contribution >= 0.6 is 0 Å². The fourth-order valence-corrected chi connectivity index (χ4v) is 5.93. The molecule has 1 aromatic carbocycles. The van der Waals surface area contributed by atoms with Crippen molar-refractivity contribution in [1.82, 2.24) is 0 Å². The second-order valence-corrected chi connectivity index (χ2v) is 11.7. The average Bonchev–Trinajstić information content (AvgIpc) is 2.84. The zero-order valence-electron chi connectivity index (χ0n) is 23.1. The molecule has 5 atom stereocenters. The molecular formula is C29H41NO9. The van der Waals surface area contributed by atoms with Crippen LogP contribution in [0.1, 0.15) is 84.1 Å². The molecule has 10 heteroatoms. The van der Waals surface area contributed by atoms with E-state index in [1.165, 1.54) is 6.92 Å². The minimum atomic E-state index is -1.01. The van der Waals surface area contributed by atoms with Crippen LogP contribution in [0.4, 0.5) is 5.69 Å². The van der Waals surface area contributed by atoms with Crippen molar-refractivity contribution in [3.8, 4) is 5.75 Å². The number of unbranched alkanes of at least 4 members (excludes halogenated alkanes) is 1. The molecule has 3 heterocycles. The quantitative estimate of drug-likeness (QED) is 0.264. The number of aliphatic hydroxyl groups excluding tert-OH is 1. The molecule has 4 rings (SSSR count). The third kappa shape index (κ3) is 7.29. The largest absolute Gasteiger partial charge is 0.508 e. The lowest BCUT2D eigenvalue weighted by atomic mass is 9.71. The van der Waals surface area contributed by atoms with Crippen molar-refractivity contribution >= 4 is 23.5 Å². The van der Waals surface area contributed by atoms with Gasteiger partial charge in [0.05, 0.1) is 31.7 Å². The summed E-state index contributed by atoms with van der Waals surface area (Å²) >= 11 is 0. The molecule has 3 aliphatic rings. The van der Waals surface area contributed by atoms with Gasteiger partial charge in [0, 0.05) is 30.9 Å². The molecule has 0 saturated carbocycles. The number of hydrogen-bond donors (Lipinski definition) is 3. The first-order valence-corrected chi connectivity index (χ1v) is 13.9. The number of hydrogen-bond acceptors (Lipinski definition) is 9. The number of phenolic OH excluding ortho intramolecular Hbond substituents is 1. The van der Waals surface area contributed by atoms with Crippen LogP contribution in [0.25, 0.3) is 0 Å². The molecule has 3 bridgehead atoms. The second-order valence-electron chi connectivity index (χ2n) is 11.7. The van der Waals surface area contributed by atoms with Crippen molar-refractivity contribution in [3.05, 3.63) is 23.8 Å². The maximum Gasteiger partial charge on any atom is 0.309 e. The SMILES string of the molecule is CC(=O)Nc1ccc(O)cc1CCCC[C@@H]1C[C@@H]2C[C@@]3(O[C@H](CCC3(C)C)CC(=O)O[C@@H](CO)CC(=O)O2)O1. The van der Waals surface area contributed by atoms with Gasteiger partial charge in [-0.3, -0.25) is 14.4 Å². The van der Waals surface area contributed by atoms with Gasteiger partial charge in [-0.05, 0) is 55.9 Å². The number of aliphatic hydroxyl groups is 1. The van der Waals surface area contributed by atoms with E-state index in [4.69, 9.17) is 18.9 Å². The topological polar surface area (TPSA) is 141 Å². The first-order chi connectivity index (χ1) is 18.5. The highest BCUT2D eigenvalue weighted by Crippen LogP contribution is 2.52. The number of rotatable bonds is 7. The maximum absolute atomic E-state index is 12.7. The average molecular weight is 548 g/mol. The lowest BCUT2D eigenvalue weighted by molar-refractivity contribution is -0.373. The lowest BCUT2D eigenvalue weighted by Crippen LogP contribution is -2.61. The standard InChI is InChI=1S/C29H41NO9/c1-18(32)30-25-9-8-20(33)12-19(25)6-4-5-7-21-13-23-16-29(38-21)28(2,3)11-10-22(39-29)14-26(34)37-24(17-31)15-27(35)36-23/h8-9,12,21-24,31,33H,4-7,10-11,13-17H2,1-3H3,(H,30,32)/t21-,22-,23-,24-,29+/m1/s1. The van der Waals surface area contributed by atoms with Crippen LogP contribution in [0.15, 0.2) is 18.2 Å². The lowest BCUT2D eigenvalue weighted by Gasteiger charge is -2.56. The molecule has 0 unspecified atom stereocenters. The van der Waals surface area contributed by atoms with E-state index in [0.29, 0.717) is 37.8 Å². The Labute approximate surface area is 229 Å². The number of amides is 1. The monoisotopic (exact) mass is 547 g/mol. The van der Waals surface area contributed by atoms with Crippen LogP contribution in [0, 0.1) is 5.41 Å². The van der Waals surface area contributed by atoms with Crippen molar-refractivity contribution < 1.29 is 43.5 Å². The number of carbonyl (C=O) groups excluding carboxylic acids is 3. The summed E-state index contributed by atoms with van der Waals surface area (Å²) < 4.78 is 24.4. The van der Waals surface area contributed by atoms with E-state index in [1.54, 1.807) is 18.2 Å². The molecule has 0 aromatic heterocycles. The van der Waals surface area contributed by atoms with Crippen LogP contribution in [0.5, 0.6) is 5.75 Å². The van der Waals surface area contributed by atoms with Gasteiger partial charge in [-0.25, -0.2) is 0 Å². The fraction of sp³-hybridized carbons (Fsp3) is 0.690. The molecule has 0 radical (unpaired) electrons. The molecule has 0 aliphatic carbocycles. The van der Waals surface area contributed by atoms with Crippen molar-refractivity contribution in [3.63, 3.8) is 0 Å². The van der Waals surface area contributed by atoms with E-state index in [1.807, 2.05) is 0 Å². The van der Waals surface area contributed by atoms with Gasteiger partial charge in [0.15, 0.2) is 5.79 Å². The molecule has 39 heavy (non-hydrogen) atoms. The summed E-state index contributed by atoms with van der Waals surface area (Å²) in [5.74, 6) is -2.08. The highest BCUT2D eigenvalue weighted by atomic mass is 16.7. The molecule has 10 nitrogen and oxygen atoms in total. The molecular weight excluding hydrogens is 506 g/mol. The number of cyclic esters (lactones) is 1. The van der Waals surface area contributed by atoms with E-state index in [0.717, 1.165) is 24.8 Å². The summed E-state index contributed by atoms with van der Waals surface area (Å²) in [5.41, 5.74) is 1.17. The number of benzene rings is 1. The van der Waals surface area contributed by atoms with E-state index in [2.05, 4.69) is 19.2 Å². The Balaban J connectivity index is 1.47. The van der Waals surface area contributed by atoms with Gasteiger partial charge in [-0.15, -0.1) is 0 Å². The number of nitrogens with one attached hydrogen (secondary N) is 1. The molecule has 1 aromatic rings. The molecule has 3 fully saturated rings. The minimum absolute atomic E-state index is 0.0304. The Morgan fingerprint density at radius 2 is 1.82 bits per heavy atom. The van der Waals surface area contributed by atoms with Crippen LogP contribution in [-0.4, -0.2) is 64.9 Å². The molecule has 1 amide bonds.